The fraction of sp³-hybridized carbons (Fsp3) is 0.615. The normalized spacial score (nSPS) is 28.2. The van der Waals surface area contributed by atoms with E-state index in [2.05, 4.69) is 4.98 Å². The molecule has 2 unspecified atom stereocenters. The van der Waals surface area contributed by atoms with E-state index in [1.165, 1.54) is 24.8 Å². The van der Waals surface area contributed by atoms with Crippen molar-refractivity contribution in [2.24, 2.45) is 5.92 Å². The molecule has 6 heteroatoms. The first-order valence-corrected chi connectivity index (χ1v) is 8.26. The minimum absolute atomic E-state index is 0.188. The molecule has 1 saturated heterocycles. The molecule has 2 atom stereocenters. The molecule has 0 amide bonds. The van der Waals surface area contributed by atoms with E-state index in [1.54, 1.807) is 4.31 Å². The van der Waals surface area contributed by atoms with Gasteiger partial charge in [-0.15, -0.1) is 0 Å². The van der Waals surface area contributed by atoms with Gasteiger partial charge in [0, 0.05) is 24.8 Å². The molecular formula is C13H19N3O2S. The SMILES string of the molecule is Nc1cc(S(=O)(=O)N2CCC3CCCCC32)ccn1. The van der Waals surface area contributed by atoms with Crippen LogP contribution in [0.4, 0.5) is 5.82 Å². The molecule has 2 fully saturated rings. The Morgan fingerprint density at radius 2 is 2.05 bits per heavy atom. The molecule has 0 aromatic carbocycles. The highest BCUT2D eigenvalue weighted by molar-refractivity contribution is 7.89. The highest BCUT2D eigenvalue weighted by Gasteiger charge is 2.42. The summed E-state index contributed by atoms with van der Waals surface area (Å²) in [5.41, 5.74) is 5.59. The number of anilines is 1. The number of hydrogen-bond acceptors (Lipinski definition) is 4. The van der Waals surface area contributed by atoms with Crippen LogP contribution in [0.15, 0.2) is 23.2 Å². The van der Waals surface area contributed by atoms with Crippen molar-refractivity contribution >= 4 is 15.8 Å². The Labute approximate surface area is 113 Å². The molecule has 1 aliphatic carbocycles. The van der Waals surface area contributed by atoms with Crippen LogP contribution >= 0.6 is 0 Å². The molecule has 1 aromatic rings. The summed E-state index contributed by atoms with van der Waals surface area (Å²) in [6.07, 6.45) is 6.96. The third-order valence-electron chi connectivity index (χ3n) is 4.32. The fourth-order valence-electron chi connectivity index (χ4n) is 3.39. The number of hydrogen-bond donors (Lipinski definition) is 1. The van der Waals surface area contributed by atoms with E-state index in [-0.39, 0.29) is 16.8 Å². The minimum atomic E-state index is -3.42. The van der Waals surface area contributed by atoms with Gasteiger partial charge in [0.05, 0.1) is 4.90 Å². The van der Waals surface area contributed by atoms with Gasteiger partial charge in [0.1, 0.15) is 5.82 Å². The Hall–Kier alpha value is -1.14. The molecule has 1 aliphatic heterocycles. The zero-order valence-electron chi connectivity index (χ0n) is 10.8. The van der Waals surface area contributed by atoms with Crippen LogP contribution in [-0.4, -0.2) is 30.3 Å². The maximum Gasteiger partial charge on any atom is 0.243 e. The van der Waals surface area contributed by atoms with Gasteiger partial charge in [-0.2, -0.15) is 4.31 Å². The van der Waals surface area contributed by atoms with Crippen LogP contribution in [0.2, 0.25) is 0 Å². The standard InChI is InChI=1S/C13H19N3O2S/c14-13-9-11(5-7-15-13)19(17,18)16-8-6-10-3-1-2-4-12(10)16/h5,7,9-10,12H,1-4,6,8H2,(H2,14,15). The third kappa shape index (κ3) is 2.23. The van der Waals surface area contributed by atoms with E-state index < -0.39 is 10.0 Å². The van der Waals surface area contributed by atoms with Crippen LogP contribution in [0.1, 0.15) is 32.1 Å². The van der Waals surface area contributed by atoms with Crippen molar-refractivity contribution in [3.05, 3.63) is 18.3 Å². The van der Waals surface area contributed by atoms with Crippen LogP contribution in [0.25, 0.3) is 0 Å². The number of rotatable bonds is 2. The maximum atomic E-state index is 12.7. The second-order valence-corrected chi connectivity index (χ2v) is 7.32. The van der Waals surface area contributed by atoms with Crippen LogP contribution in [0, 0.1) is 5.92 Å². The van der Waals surface area contributed by atoms with Gasteiger partial charge < -0.3 is 5.73 Å². The molecule has 0 bridgehead atoms. The number of nitrogen functional groups attached to an aromatic ring is 1. The van der Waals surface area contributed by atoms with Crippen molar-refractivity contribution < 1.29 is 8.42 Å². The molecule has 0 radical (unpaired) electrons. The van der Waals surface area contributed by atoms with Crippen molar-refractivity contribution in [1.82, 2.24) is 9.29 Å². The first-order valence-electron chi connectivity index (χ1n) is 6.82. The van der Waals surface area contributed by atoms with Crippen molar-refractivity contribution in [3.8, 4) is 0 Å². The van der Waals surface area contributed by atoms with Gasteiger partial charge in [-0.1, -0.05) is 12.8 Å². The molecule has 3 rings (SSSR count). The first-order chi connectivity index (χ1) is 9.09. The highest BCUT2D eigenvalue weighted by atomic mass is 32.2. The van der Waals surface area contributed by atoms with Crippen molar-refractivity contribution in [2.45, 2.75) is 43.0 Å². The Bertz CT molecular complexity index is 573. The Balaban J connectivity index is 1.92. The van der Waals surface area contributed by atoms with Crippen molar-refractivity contribution in [2.75, 3.05) is 12.3 Å². The van der Waals surface area contributed by atoms with Gasteiger partial charge in [0.2, 0.25) is 10.0 Å². The number of nitrogens with zero attached hydrogens (tertiary/aromatic N) is 2. The molecule has 2 N–H and O–H groups in total. The second-order valence-electron chi connectivity index (χ2n) is 5.43. The number of nitrogens with two attached hydrogens (primary N) is 1. The van der Waals surface area contributed by atoms with Crippen LogP contribution < -0.4 is 5.73 Å². The van der Waals surface area contributed by atoms with Crippen LogP contribution in [0.3, 0.4) is 0 Å². The van der Waals surface area contributed by atoms with Gasteiger partial charge in [-0.25, -0.2) is 13.4 Å². The van der Waals surface area contributed by atoms with E-state index in [4.69, 9.17) is 5.73 Å². The molecule has 2 heterocycles. The summed E-state index contributed by atoms with van der Waals surface area (Å²) in [5, 5.41) is 0. The summed E-state index contributed by atoms with van der Waals surface area (Å²) < 4.78 is 27.1. The van der Waals surface area contributed by atoms with Gasteiger partial charge in [0.15, 0.2) is 0 Å². The third-order valence-corrected chi connectivity index (χ3v) is 6.24. The number of sulfonamides is 1. The summed E-state index contributed by atoms with van der Waals surface area (Å²) in [6.45, 7) is 0.639. The largest absolute Gasteiger partial charge is 0.384 e. The molecule has 5 nitrogen and oxygen atoms in total. The van der Waals surface area contributed by atoms with E-state index in [1.807, 2.05) is 0 Å². The van der Waals surface area contributed by atoms with E-state index >= 15 is 0 Å². The predicted molar refractivity (Wildman–Crippen MR) is 72.9 cm³/mol. The molecule has 19 heavy (non-hydrogen) atoms. The predicted octanol–water partition coefficient (Wildman–Crippen LogP) is 1.62. The summed E-state index contributed by atoms with van der Waals surface area (Å²) in [4.78, 5) is 4.13. The summed E-state index contributed by atoms with van der Waals surface area (Å²) in [6, 6.07) is 3.17. The lowest BCUT2D eigenvalue weighted by Crippen LogP contribution is -2.39. The van der Waals surface area contributed by atoms with Crippen LogP contribution in [0.5, 0.6) is 0 Å². The minimum Gasteiger partial charge on any atom is -0.384 e. The highest BCUT2D eigenvalue weighted by Crippen LogP contribution is 2.39. The van der Waals surface area contributed by atoms with Gasteiger partial charge in [0.25, 0.3) is 0 Å². The Morgan fingerprint density at radius 3 is 2.84 bits per heavy atom. The van der Waals surface area contributed by atoms with E-state index in [0.29, 0.717) is 12.5 Å². The first kappa shape index (κ1) is 12.9. The zero-order chi connectivity index (χ0) is 13.5. The zero-order valence-corrected chi connectivity index (χ0v) is 11.6. The average molecular weight is 281 g/mol. The summed E-state index contributed by atoms with van der Waals surface area (Å²) in [7, 11) is -3.42. The van der Waals surface area contributed by atoms with Gasteiger partial charge in [-0.3, -0.25) is 0 Å². The smallest absolute Gasteiger partial charge is 0.243 e. The number of pyridine rings is 1. The Morgan fingerprint density at radius 1 is 1.26 bits per heavy atom. The van der Waals surface area contributed by atoms with Crippen molar-refractivity contribution in [3.63, 3.8) is 0 Å². The van der Waals surface area contributed by atoms with Gasteiger partial charge in [-0.05, 0) is 31.2 Å². The lowest BCUT2D eigenvalue weighted by molar-refractivity contribution is 0.260. The van der Waals surface area contributed by atoms with Crippen molar-refractivity contribution in [1.29, 1.82) is 0 Å². The molecule has 1 saturated carbocycles. The monoisotopic (exact) mass is 281 g/mol. The summed E-state index contributed by atoms with van der Waals surface area (Å²) >= 11 is 0. The lowest BCUT2D eigenvalue weighted by Gasteiger charge is -2.31. The fourth-order valence-corrected chi connectivity index (χ4v) is 5.14. The maximum absolute atomic E-state index is 12.7. The molecule has 0 spiro atoms. The number of aromatic nitrogens is 1. The van der Waals surface area contributed by atoms with Gasteiger partial charge >= 0.3 is 0 Å². The number of fused-ring (bicyclic) bond motifs is 1. The molecule has 104 valence electrons. The average Bonchev–Trinajstić information content (AvgIpc) is 2.83. The topological polar surface area (TPSA) is 76.3 Å². The lowest BCUT2D eigenvalue weighted by atomic mass is 9.86. The van der Waals surface area contributed by atoms with Crippen LogP contribution in [-0.2, 0) is 10.0 Å². The van der Waals surface area contributed by atoms with E-state index in [0.717, 1.165) is 25.7 Å². The molecular weight excluding hydrogens is 262 g/mol. The second kappa shape index (κ2) is 4.76. The molecule has 1 aromatic heterocycles. The Kier molecular flexibility index (Phi) is 3.22. The summed E-state index contributed by atoms with van der Waals surface area (Å²) in [5.74, 6) is 0.795. The molecule has 2 aliphatic rings. The quantitative estimate of drug-likeness (QED) is 0.893. The van der Waals surface area contributed by atoms with E-state index in [9.17, 15) is 8.42 Å².